The highest BCUT2D eigenvalue weighted by atomic mass is 28.4. The average Bonchev–Trinajstić information content (AvgIpc) is 2.27. The molecule has 2 N–H and O–H groups in total. The fourth-order valence-corrected chi connectivity index (χ4v) is 4.05. The van der Waals surface area contributed by atoms with Gasteiger partial charge >= 0.3 is 0 Å². The van der Waals surface area contributed by atoms with Crippen LogP contribution in [0.2, 0.25) is 6.04 Å². The smallest absolute Gasteiger partial charge is 0.240 e. The third kappa shape index (κ3) is 2.12. The largest absolute Gasteiger partial charge is 0.414 e. The zero-order chi connectivity index (χ0) is 10.4. The zero-order valence-corrected chi connectivity index (χ0v) is 9.57. The second kappa shape index (κ2) is 5.10. The number of benzene rings is 1. The molecular weight excluding hydrogens is 190 g/mol. The molecule has 0 amide bonds. The topological polar surface area (TPSA) is 35.2 Å². The maximum absolute atomic E-state index is 5.83. The SMILES string of the molecule is C=CC[Si](CN)(OC)c1ccccc1. The highest BCUT2D eigenvalue weighted by Gasteiger charge is 2.32. The first-order valence-corrected chi connectivity index (χ1v) is 7.03. The van der Waals surface area contributed by atoms with Crippen LogP contribution in [-0.4, -0.2) is 21.6 Å². The van der Waals surface area contributed by atoms with Crippen LogP contribution in [0.5, 0.6) is 0 Å². The van der Waals surface area contributed by atoms with Crippen molar-refractivity contribution in [3.05, 3.63) is 43.0 Å². The molecule has 0 aliphatic carbocycles. The molecule has 0 saturated carbocycles. The summed E-state index contributed by atoms with van der Waals surface area (Å²) in [7, 11) is -0.214. The molecule has 0 aliphatic rings. The third-order valence-electron chi connectivity index (χ3n) is 2.49. The zero-order valence-electron chi connectivity index (χ0n) is 8.57. The summed E-state index contributed by atoms with van der Waals surface area (Å²) in [5.74, 6) is 0. The lowest BCUT2D eigenvalue weighted by atomic mass is 10.4. The molecule has 0 saturated heterocycles. The van der Waals surface area contributed by atoms with Gasteiger partial charge in [-0.2, -0.15) is 0 Å². The summed E-state index contributed by atoms with van der Waals surface area (Å²) in [6.07, 6.45) is 2.50. The molecule has 14 heavy (non-hydrogen) atoms. The van der Waals surface area contributed by atoms with Gasteiger partial charge in [0.25, 0.3) is 0 Å². The van der Waals surface area contributed by atoms with Crippen molar-refractivity contribution in [3.8, 4) is 0 Å². The van der Waals surface area contributed by atoms with Crippen LogP contribution >= 0.6 is 0 Å². The predicted octanol–water partition coefficient (Wildman–Crippen LogP) is 1.17. The fraction of sp³-hybridized carbons (Fsp3) is 0.273. The van der Waals surface area contributed by atoms with E-state index in [-0.39, 0.29) is 0 Å². The van der Waals surface area contributed by atoms with Gasteiger partial charge < -0.3 is 10.2 Å². The molecular formula is C11H17NOSi. The summed E-state index contributed by atoms with van der Waals surface area (Å²) >= 11 is 0. The van der Waals surface area contributed by atoms with Crippen molar-refractivity contribution in [2.75, 3.05) is 13.3 Å². The van der Waals surface area contributed by atoms with Crippen molar-refractivity contribution < 1.29 is 4.43 Å². The van der Waals surface area contributed by atoms with Gasteiger partial charge in [-0.3, -0.25) is 0 Å². The van der Waals surface area contributed by atoms with Gasteiger partial charge in [-0.05, 0) is 11.2 Å². The highest BCUT2D eigenvalue weighted by Crippen LogP contribution is 2.10. The van der Waals surface area contributed by atoms with Crippen LogP contribution in [0.3, 0.4) is 0 Å². The Hall–Kier alpha value is -0.903. The van der Waals surface area contributed by atoms with Crippen molar-refractivity contribution in [1.29, 1.82) is 0 Å². The van der Waals surface area contributed by atoms with Gasteiger partial charge in [-0.15, -0.1) is 6.58 Å². The van der Waals surface area contributed by atoms with E-state index in [1.165, 1.54) is 5.19 Å². The summed E-state index contributed by atoms with van der Waals surface area (Å²) in [6.45, 7) is 3.77. The average molecular weight is 207 g/mol. The number of hydrogen-bond donors (Lipinski definition) is 1. The first-order valence-electron chi connectivity index (χ1n) is 4.70. The van der Waals surface area contributed by atoms with Crippen LogP contribution in [0.1, 0.15) is 0 Å². The molecule has 1 atom stereocenters. The number of allylic oxidation sites excluding steroid dienone is 1. The van der Waals surface area contributed by atoms with Crippen LogP contribution in [0.25, 0.3) is 0 Å². The van der Waals surface area contributed by atoms with E-state index in [9.17, 15) is 0 Å². The van der Waals surface area contributed by atoms with Crippen LogP contribution in [0.4, 0.5) is 0 Å². The van der Waals surface area contributed by atoms with Crippen molar-refractivity contribution in [2.24, 2.45) is 5.73 Å². The summed E-state index contributed by atoms with van der Waals surface area (Å²) in [6, 6.07) is 11.1. The van der Waals surface area contributed by atoms with E-state index in [0.717, 1.165) is 6.04 Å². The quantitative estimate of drug-likeness (QED) is 0.581. The van der Waals surface area contributed by atoms with Crippen LogP contribution in [0, 0.1) is 0 Å². The van der Waals surface area contributed by atoms with E-state index < -0.39 is 8.32 Å². The molecule has 3 heteroatoms. The van der Waals surface area contributed by atoms with E-state index in [0.29, 0.717) is 6.17 Å². The Morgan fingerprint density at radius 1 is 1.43 bits per heavy atom. The Kier molecular flexibility index (Phi) is 4.07. The van der Waals surface area contributed by atoms with E-state index >= 15 is 0 Å². The maximum atomic E-state index is 5.83. The van der Waals surface area contributed by atoms with E-state index in [1.54, 1.807) is 7.11 Å². The normalized spacial score (nSPS) is 14.7. The van der Waals surface area contributed by atoms with Gasteiger partial charge in [0.1, 0.15) is 0 Å². The third-order valence-corrected chi connectivity index (χ3v) is 6.27. The molecule has 1 unspecified atom stereocenters. The Balaban J connectivity index is 3.03. The molecule has 0 aliphatic heterocycles. The van der Waals surface area contributed by atoms with Gasteiger partial charge in [-0.25, -0.2) is 0 Å². The van der Waals surface area contributed by atoms with Gasteiger partial charge in [0.15, 0.2) is 0 Å². The molecule has 0 bridgehead atoms. The van der Waals surface area contributed by atoms with Crippen LogP contribution in [-0.2, 0) is 4.43 Å². The minimum absolute atomic E-state index is 0.597. The second-order valence-corrected chi connectivity index (χ2v) is 7.05. The molecule has 0 spiro atoms. The minimum Gasteiger partial charge on any atom is -0.414 e. The Morgan fingerprint density at radius 2 is 2.07 bits per heavy atom. The fourth-order valence-electron chi connectivity index (χ4n) is 1.58. The molecule has 76 valence electrons. The Bertz CT molecular complexity index is 283. The van der Waals surface area contributed by atoms with Crippen molar-refractivity contribution in [3.63, 3.8) is 0 Å². The molecule has 1 rings (SSSR count). The van der Waals surface area contributed by atoms with Crippen molar-refractivity contribution in [1.82, 2.24) is 0 Å². The molecule has 0 heterocycles. The molecule has 0 radical (unpaired) electrons. The number of nitrogens with two attached hydrogens (primary N) is 1. The maximum Gasteiger partial charge on any atom is 0.240 e. The van der Waals surface area contributed by atoms with Gasteiger partial charge in [0.05, 0.1) is 0 Å². The summed E-state index contributed by atoms with van der Waals surface area (Å²) in [4.78, 5) is 0. The van der Waals surface area contributed by atoms with Crippen LogP contribution in [0.15, 0.2) is 43.0 Å². The van der Waals surface area contributed by atoms with Crippen molar-refractivity contribution >= 4 is 13.5 Å². The van der Waals surface area contributed by atoms with E-state index in [1.807, 2.05) is 24.3 Å². The standard InChI is InChI=1S/C11H17NOSi/c1-3-9-14(10-12,13-2)11-7-5-4-6-8-11/h3-8H,1,9-10,12H2,2H3. The van der Waals surface area contributed by atoms with Gasteiger partial charge in [0.2, 0.25) is 8.32 Å². The van der Waals surface area contributed by atoms with E-state index in [4.69, 9.17) is 10.2 Å². The first kappa shape index (κ1) is 11.2. The molecule has 0 fully saturated rings. The van der Waals surface area contributed by atoms with Crippen LogP contribution < -0.4 is 10.9 Å². The lowest BCUT2D eigenvalue weighted by molar-refractivity contribution is 0.407. The van der Waals surface area contributed by atoms with Gasteiger partial charge in [-0.1, -0.05) is 36.4 Å². The predicted molar refractivity (Wildman–Crippen MR) is 62.9 cm³/mol. The van der Waals surface area contributed by atoms with Crippen molar-refractivity contribution in [2.45, 2.75) is 6.04 Å². The molecule has 0 aromatic heterocycles. The lowest BCUT2D eigenvalue weighted by Crippen LogP contribution is -2.56. The summed E-state index contributed by atoms with van der Waals surface area (Å²) in [5, 5.41) is 1.24. The Labute approximate surface area is 86.5 Å². The summed E-state index contributed by atoms with van der Waals surface area (Å²) in [5.41, 5.74) is 5.83. The lowest BCUT2D eigenvalue weighted by Gasteiger charge is -2.27. The molecule has 2 nitrogen and oxygen atoms in total. The monoisotopic (exact) mass is 207 g/mol. The molecule has 1 aromatic rings. The summed E-state index contributed by atoms with van der Waals surface area (Å²) < 4.78 is 5.66. The number of hydrogen-bond acceptors (Lipinski definition) is 2. The minimum atomic E-state index is -1.96. The molecule has 1 aromatic carbocycles. The van der Waals surface area contributed by atoms with Gasteiger partial charge in [0, 0.05) is 13.3 Å². The van der Waals surface area contributed by atoms with E-state index in [2.05, 4.69) is 18.7 Å². The number of rotatable bonds is 5. The first-order chi connectivity index (χ1) is 6.79. The highest BCUT2D eigenvalue weighted by molar-refractivity contribution is 6.87. The second-order valence-electron chi connectivity index (χ2n) is 3.26. The Morgan fingerprint density at radius 3 is 2.50 bits per heavy atom.